The van der Waals surface area contributed by atoms with Gasteiger partial charge in [0.2, 0.25) is 11.8 Å². The molecule has 0 radical (unpaired) electrons. The Morgan fingerprint density at radius 1 is 1.10 bits per heavy atom. The molecule has 0 aromatic heterocycles. The first-order valence-electron chi connectivity index (χ1n) is 7.90. The van der Waals surface area contributed by atoms with Gasteiger partial charge in [-0.15, -0.1) is 0 Å². The van der Waals surface area contributed by atoms with Crippen molar-refractivity contribution in [2.45, 2.75) is 51.5 Å². The maximum Gasteiger partial charge on any atom is 0.239 e. The van der Waals surface area contributed by atoms with E-state index in [1.807, 2.05) is 0 Å². The Morgan fingerprint density at radius 3 is 2.55 bits per heavy atom. The molecule has 1 saturated heterocycles. The highest BCUT2D eigenvalue weighted by molar-refractivity contribution is 5.83. The summed E-state index contributed by atoms with van der Waals surface area (Å²) in [5.41, 5.74) is 0. The molecule has 2 amide bonds. The molecular formula is C15H27N3O2. The molecule has 1 aliphatic carbocycles. The van der Waals surface area contributed by atoms with E-state index in [2.05, 4.69) is 15.5 Å². The summed E-state index contributed by atoms with van der Waals surface area (Å²) in [6.07, 6.45) is 8.02. The largest absolute Gasteiger partial charge is 0.354 e. The highest BCUT2D eigenvalue weighted by Crippen LogP contribution is 2.27. The number of rotatable bonds is 5. The average molecular weight is 281 g/mol. The molecule has 5 nitrogen and oxygen atoms in total. The zero-order valence-electron chi connectivity index (χ0n) is 12.5. The molecule has 1 heterocycles. The van der Waals surface area contributed by atoms with E-state index < -0.39 is 0 Å². The standard InChI is InChI=1S/C15H27N3O2/c1-12(19)16-10-15(20)17-9-13-7-8-18(11-13)14-5-3-2-4-6-14/h13-14H,2-11H2,1H3,(H,16,19)(H,17,20)/t13-/m1/s1. The Kier molecular flexibility index (Phi) is 5.83. The van der Waals surface area contributed by atoms with Crippen molar-refractivity contribution in [3.63, 3.8) is 0 Å². The normalized spacial score (nSPS) is 24.6. The maximum atomic E-state index is 11.5. The van der Waals surface area contributed by atoms with Gasteiger partial charge in [0.05, 0.1) is 6.54 Å². The monoisotopic (exact) mass is 281 g/mol. The van der Waals surface area contributed by atoms with Crippen LogP contribution >= 0.6 is 0 Å². The fraction of sp³-hybridized carbons (Fsp3) is 0.867. The highest BCUT2D eigenvalue weighted by Gasteiger charge is 2.28. The predicted octanol–water partition coefficient (Wildman–Crippen LogP) is 0.893. The molecule has 20 heavy (non-hydrogen) atoms. The Hall–Kier alpha value is -1.10. The molecule has 114 valence electrons. The quantitative estimate of drug-likeness (QED) is 0.787. The molecule has 2 rings (SSSR count). The first-order chi connectivity index (χ1) is 9.65. The van der Waals surface area contributed by atoms with Gasteiger partial charge in [-0.05, 0) is 31.7 Å². The molecule has 0 spiro atoms. The van der Waals surface area contributed by atoms with Crippen LogP contribution in [0.5, 0.6) is 0 Å². The summed E-state index contributed by atoms with van der Waals surface area (Å²) in [5, 5.41) is 5.44. The van der Waals surface area contributed by atoms with Gasteiger partial charge in [-0.25, -0.2) is 0 Å². The van der Waals surface area contributed by atoms with Crippen molar-refractivity contribution in [1.29, 1.82) is 0 Å². The SMILES string of the molecule is CC(=O)NCC(=O)NC[C@H]1CCN(C2CCCCC2)C1. The third-order valence-corrected chi connectivity index (χ3v) is 4.49. The summed E-state index contributed by atoms with van der Waals surface area (Å²) < 4.78 is 0. The molecule has 2 aliphatic rings. The number of likely N-dealkylation sites (tertiary alicyclic amines) is 1. The van der Waals surface area contributed by atoms with Crippen molar-refractivity contribution in [2.24, 2.45) is 5.92 Å². The van der Waals surface area contributed by atoms with Crippen LogP contribution < -0.4 is 10.6 Å². The number of carbonyl (C=O) groups excluding carboxylic acids is 2. The third-order valence-electron chi connectivity index (χ3n) is 4.49. The molecule has 0 bridgehead atoms. The minimum atomic E-state index is -0.163. The van der Waals surface area contributed by atoms with Gasteiger partial charge in [0.15, 0.2) is 0 Å². The number of nitrogens with one attached hydrogen (secondary N) is 2. The van der Waals surface area contributed by atoms with Crippen LogP contribution in [0.1, 0.15) is 45.4 Å². The maximum absolute atomic E-state index is 11.5. The molecule has 2 N–H and O–H groups in total. The van der Waals surface area contributed by atoms with Gasteiger partial charge >= 0.3 is 0 Å². The van der Waals surface area contributed by atoms with Crippen molar-refractivity contribution in [3.05, 3.63) is 0 Å². The van der Waals surface area contributed by atoms with Gasteiger partial charge in [0.25, 0.3) is 0 Å². The second-order valence-electron chi connectivity index (χ2n) is 6.16. The van der Waals surface area contributed by atoms with Gasteiger partial charge in [0, 0.05) is 26.1 Å². The van der Waals surface area contributed by atoms with Gasteiger partial charge in [0.1, 0.15) is 0 Å². The fourth-order valence-corrected chi connectivity index (χ4v) is 3.33. The van der Waals surface area contributed by atoms with Gasteiger partial charge in [-0.3, -0.25) is 9.59 Å². The minimum Gasteiger partial charge on any atom is -0.354 e. The third kappa shape index (κ3) is 4.78. The zero-order chi connectivity index (χ0) is 14.4. The summed E-state index contributed by atoms with van der Waals surface area (Å²) in [4.78, 5) is 24.9. The molecular weight excluding hydrogens is 254 g/mol. The lowest BCUT2D eigenvalue weighted by Crippen LogP contribution is -2.39. The summed E-state index contributed by atoms with van der Waals surface area (Å²) in [5.74, 6) is 0.319. The van der Waals surface area contributed by atoms with Crippen LogP contribution in [0, 0.1) is 5.92 Å². The number of hydrogen-bond acceptors (Lipinski definition) is 3. The van der Waals surface area contributed by atoms with Crippen LogP contribution in [0.2, 0.25) is 0 Å². The van der Waals surface area contributed by atoms with Gasteiger partial charge in [-0.2, -0.15) is 0 Å². The zero-order valence-corrected chi connectivity index (χ0v) is 12.5. The Balaban J connectivity index is 1.63. The van der Waals surface area contributed by atoms with Gasteiger partial charge < -0.3 is 15.5 Å². The lowest BCUT2D eigenvalue weighted by Gasteiger charge is -2.31. The van der Waals surface area contributed by atoms with Crippen molar-refractivity contribution in [1.82, 2.24) is 15.5 Å². The second-order valence-corrected chi connectivity index (χ2v) is 6.16. The molecule has 0 aromatic carbocycles. The van der Waals surface area contributed by atoms with Crippen LogP contribution in [0.4, 0.5) is 0 Å². The lowest BCUT2D eigenvalue weighted by molar-refractivity contribution is -0.125. The Labute approximate surface area is 121 Å². The average Bonchev–Trinajstić information content (AvgIpc) is 2.93. The first kappa shape index (κ1) is 15.3. The second kappa shape index (κ2) is 7.62. The summed E-state index contributed by atoms with van der Waals surface area (Å²) >= 11 is 0. The summed E-state index contributed by atoms with van der Waals surface area (Å²) in [7, 11) is 0. The Bertz CT molecular complexity index is 340. The number of amides is 2. The minimum absolute atomic E-state index is 0.0867. The van der Waals surface area contributed by atoms with Crippen molar-refractivity contribution >= 4 is 11.8 Å². The first-order valence-corrected chi connectivity index (χ1v) is 7.90. The van der Waals surface area contributed by atoms with E-state index in [4.69, 9.17) is 0 Å². The van der Waals surface area contributed by atoms with Crippen LogP contribution in [0.15, 0.2) is 0 Å². The topological polar surface area (TPSA) is 61.4 Å². The summed E-state index contributed by atoms with van der Waals surface area (Å²) in [6.45, 7) is 4.55. The highest BCUT2D eigenvalue weighted by atomic mass is 16.2. The lowest BCUT2D eigenvalue weighted by atomic mass is 9.94. The molecule has 1 saturated carbocycles. The van der Waals surface area contributed by atoms with E-state index in [-0.39, 0.29) is 18.4 Å². The molecule has 1 atom stereocenters. The molecule has 0 unspecified atom stereocenters. The van der Waals surface area contributed by atoms with E-state index in [1.54, 1.807) is 0 Å². The van der Waals surface area contributed by atoms with Gasteiger partial charge in [-0.1, -0.05) is 19.3 Å². The van der Waals surface area contributed by atoms with Crippen molar-refractivity contribution in [3.8, 4) is 0 Å². The number of nitrogens with zero attached hydrogens (tertiary/aromatic N) is 1. The summed E-state index contributed by atoms with van der Waals surface area (Å²) in [6, 6.07) is 0.781. The van der Waals surface area contributed by atoms with E-state index in [0.717, 1.165) is 19.1 Å². The molecule has 1 aliphatic heterocycles. The fourth-order valence-electron chi connectivity index (χ4n) is 3.33. The van der Waals surface area contributed by atoms with Crippen LogP contribution in [-0.2, 0) is 9.59 Å². The smallest absolute Gasteiger partial charge is 0.239 e. The Morgan fingerprint density at radius 2 is 1.85 bits per heavy atom. The molecule has 0 aromatic rings. The van der Waals surface area contributed by atoms with E-state index in [1.165, 1.54) is 52.0 Å². The predicted molar refractivity (Wildman–Crippen MR) is 78.2 cm³/mol. The molecule has 2 fully saturated rings. The van der Waals surface area contributed by atoms with E-state index in [9.17, 15) is 9.59 Å². The van der Waals surface area contributed by atoms with E-state index in [0.29, 0.717) is 5.92 Å². The van der Waals surface area contributed by atoms with Crippen LogP contribution in [0.3, 0.4) is 0 Å². The van der Waals surface area contributed by atoms with Crippen LogP contribution in [0.25, 0.3) is 0 Å². The van der Waals surface area contributed by atoms with Crippen molar-refractivity contribution < 1.29 is 9.59 Å². The van der Waals surface area contributed by atoms with Crippen LogP contribution in [-0.4, -0.2) is 48.9 Å². The number of hydrogen-bond donors (Lipinski definition) is 2. The van der Waals surface area contributed by atoms with Crippen molar-refractivity contribution in [2.75, 3.05) is 26.2 Å². The molecule has 5 heteroatoms. The van der Waals surface area contributed by atoms with E-state index >= 15 is 0 Å². The number of carbonyl (C=O) groups is 2.